The summed E-state index contributed by atoms with van der Waals surface area (Å²) in [5.74, 6) is 0.319. The predicted molar refractivity (Wildman–Crippen MR) is 99.9 cm³/mol. The third-order valence-electron chi connectivity index (χ3n) is 5.43. The van der Waals surface area contributed by atoms with Crippen LogP contribution in [0.3, 0.4) is 0 Å². The predicted octanol–water partition coefficient (Wildman–Crippen LogP) is 3.93. The first-order valence-electron chi connectivity index (χ1n) is 8.38. The van der Waals surface area contributed by atoms with E-state index >= 15 is 0 Å². The number of benzene rings is 1. The second-order valence-electron chi connectivity index (χ2n) is 6.99. The lowest BCUT2D eigenvalue weighted by molar-refractivity contribution is -0.126. The zero-order valence-electron chi connectivity index (χ0n) is 13.4. The molecule has 0 aromatic heterocycles. The van der Waals surface area contributed by atoms with E-state index in [4.69, 9.17) is 5.73 Å². The lowest BCUT2D eigenvalue weighted by atomic mass is 9.64. The minimum absolute atomic E-state index is 0. The van der Waals surface area contributed by atoms with Gasteiger partial charge in [0.05, 0.1) is 0 Å². The highest BCUT2D eigenvalue weighted by molar-refractivity contribution is 9.10. The summed E-state index contributed by atoms with van der Waals surface area (Å²) in [6.07, 6.45) is 7.54. The van der Waals surface area contributed by atoms with Gasteiger partial charge in [-0.1, -0.05) is 40.9 Å². The Hall–Kier alpha value is -0.580. The molecule has 128 valence electrons. The Bertz CT molecular complexity index is 548. The minimum atomic E-state index is 0. The molecule has 0 aliphatic heterocycles. The smallest absolute Gasteiger partial charge is 0.223 e. The summed E-state index contributed by atoms with van der Waals surface area (Å²) in [7, 11) is 0. The van der Waals surface area contributed by atoms with Crippen LogP contribution in [-0.4, -0.2) is 18.5 Å². The molecular weight excluding hydrogens is 376 g/mol. The normalized spacial score (nSPS) is 25.8. The summed E-state index contributed by atoms with van der Waals surface area (Å²) in [5.41, 5.74) is 7.48. The largest absolute Gasteiger partial charge is 0.355 e. The van der Waals surface area contributed by atoms with Gasteiger partial charge in [0, 0.05) is 28.4 Å². The number of hydrogen-bond donors (Lipinski definition) is 2. The third kappa shape index (κ3) is 4.28. The maximum Gasteiger partial charge on any atom is 0.223 e. The van der Waals surface area contributed by atoms with E-state index in [2.05, 4.69) is 45.5 Å². The summed E-state index contributed by atoms with van der Waals surface area (Å²) in [6, 6.07) is 8.72. The fraction of sp³-hybridized carbons (Fsp3) is 0.611. The number of amides is 1. The Morgan fingerprint density at radius 2 is 2.09 bits per heavy atom. The van der Waals surface area contributed by atoms with E-state index in [0.29, 0.717) is 0 Å². The highest BCUT2D eigenvalue weighted by atomic mass is 79.9. The van der Waals surface area contributed by atoms with Gasteiger partial charge in [-0.05, 0) is 49.8 Å². The van der Waals surface area contributed by atoms with Gasteiger partial charge in [0.15, 0.2) is 0 Å². The Labute approximate surface area is 153 Å². The van der Waals surface area contributed by atoms with E-state index < -0.39 is 0 Å². The lowest BCUT2D eigenvalue weighted by Crippen LogP contribution is -2.48. The number of rotatable bonds is 4. The zero-order chi connectivity index (χ0) is 15.6. The number of nitrogens with two attached hydrogens (primary N) is 1. The van der Waals surface area contributed by atoms with Crippen molar-refractivity contribution in [3.63, 3.8) is 0 Å². The molecule has 0 spiro atoms. The topological polar surface area (TPSA) is 55.1 Å². The summed E-state index contributed by atoms with van der Waals surface area (Å²) in [5, 5.41) is 3.22. The number of halogens is 2. The zero-order valence-corrected chi connectivity index (χ0v) is 15.8. The van der Waals surface area contributed by atoms with E-state index in [9.17, 15) is 4.79 Å². The molecule has 3 N–H and O–H groups in total. The number of carbonyl (C=O) groups excluding carboxylic acids is 1. The van der Waals surface area contributed by atoms with Crippen LogP contribution in [0.4, 0.5) is 0 Å². The van der Waals surface area contributed by atoms with E-state index in [-0.39, 0.29) is 35.7 Å². The summed E-state index contributed by atoms with van der Waals surface area (Å²) >= 11 is 3.56. The maximum absolute atomic E-state index is 12.5. The van der Waals surface area contributed by atoms with Crippen molar-refractivity contribution in [2.75, 3.05) is 6.54 Å². The van der Waals surface area contributed by atoms with Crippen LogP contribution >= 0.6 is 28.3 Å². The molecule has 2 unspecified atom stereocenters. The van der Waals surface area contributed by atoms with E-state index in [0.717, 1.165) is 49.5 Å². The molecule has 0 heterocycles. The van der Waals surface area contributed by atoms with Crippen LogP contribution < -0.4 is 11.1 Å². The van der Waals surface area contributed by atoms with Gasteiger partial charge >= 0.3 is 0 Å². The number of nitrogens with one attached hydrogen (secondary N) is 1. The quantitative estimate of drug-likeness (QED) is 0.803. The molecule has 3 rings (SSSR count). The van der Waals surface area contributed by atoms with Gasteiger partial charge < -0.3 is 11.1 Å². The minimum Gasteiger partial charge on any atom is -0.355 e. The average Bonchev–Trinajstić information content (AvgIpc) is 2.46. The monoisotopic (exact) mass is 400 g/mol. The van der Waals surface area contributed by atoms with Crippen LogP contribution in [0, 0.1) is 5.92 Å². The molecule has 23 heavy (non-hydrogen) atoms. The fourth-order valence-electron chi connectivity index (χ4n) is 3.86. The number of carbonyl (C=O) groups is 1. The van der Waals surface area contributed by atoms with Gasteiger partial charge in [-0.25, -0.2) is 0 Å². The van der Waals surface area contributed by atoms with Crippen LogP contribution in [0.1, 0.15) is 50.5 Å². The van der Waals surface area contributed by atoms with Crippen LogP contribution in [0.2, 0.25) is 0 Å². The molecule has 0 bridgehead atoms. The highest BCUT2D eigenvalue weighted by Crippen LogP contribution is 2.43. The Kier molecular flexibility index (Phi) is 6.52. The number of hydrogen-bond acceptors (Lipinski definition) is 2. The molecule has 2 saturated carbocycles. The van der Waals surface area contributed by atoms with Gasteiger partial charge in [0.25, 0.3) is 0 Å². The third-order valence-corrected chi connectivity index (χ3v) is 5.93. The highest BCUT2D eigenvalue weighted by Gasteiger charge is 2.39. The van der Waals surface area contributed by atoms with Crippen molar-refractivity contribution in [2.24, 2.45) is 11.7 Å². The fourth-order valence-corrected chi connectivity index (χ4v) is 4.26. The molecular formula is C18H26BrClN2O. The van der Waals surface area contributed by atoms with Crippen molar-refractivity contribution < 1.29 is 4.79 Å². The van der Waals surface area contributed by atoms with Crippen LogP contribution in [-0.2, 0) is 10.2 Å². The van der Waals surface area contributed by atoms with Gasteiger partial charge in [-0.15, -0.1) is 12.4 Å². The van der Waals surface area contributed by atoms with E-state index in [1.54, 1.807) is 0 Å². The Morgan fingerprint density at radius 3 is 2.70 bits per heavy atom. The van der Waals surface area contributed by atoms with Crippen molar-refractivity contribution in [1.82, 2.24) is 5.32 Å². The van der Waals surface area contributed by atoms with E-state index in [1.807, 2.05) is 0 Å². The molecule has 2 aliphatic carbocycles. The van der Waals surface area contributed by atoms with Gasteiger partial charge in [-0.3, -0.25) is 4.79 Å². The first-order valence-corrected chi connectivity index (χ1v) is 9.18. The Balaban J connectivity index is 0.00000192. The standard InChI is InChI=1S/C18H25BrN2O.ClH/c19-15-6-2-5-14(11-15)18(8-3-9-18)12-21-17(22)13-4-1-7-16(20)10-13;/h2,5-6,11,13,16H,1,3-4,7-10,12,20H2,(H,21,22);1H. The molecule has 2 aliphatic rings. The molecule has 1 aromatic carbocycles. The van der Waals surface area contributed by atoms with Crippen molar-refractivity contribution in [2.45, 2.75) is 56.4 Å². The van der Waals surface area contributed by atoms with Gasteiger partial charge in [-0.2, -0.15) is 0 Å². The SMILES string of the molecule is Cl.NC1CCCC(C(=O)NCC2(c3cccc(Br)c3)CCC2)C1. The van der Waals surface area contributed by atoms with Gasteiger partial charge in [0.2, 0.25) is 5.91 Å². The molecule has 2 atom stereocenters. The second-order valence-corrected chi connectivity index (χ2v) is 7.90. The van der Waals surface area contributed by atoms with E-state index in [1.165, 1.54) is 12.0 Å². The Morgan fingerprint density at radius 1 is 1.30 bits per heavy atom. The second kappa shape index (κ2) is 8.00. The summed E-state index contributed by atoms with van der Waals surface area (Å²) in [6.45, 7) is 0.758. The molecule has 1 aromatic rings. The first-order chi connectivity index (χ1) is 10.6. The molecule has 0 radical (unpaired) electrons. The molecule has 2 fully saturated rings. The molecule has 0 saturated heterocycles. The molecule has 1 amide bonds. The molecule has 3 nitrogen and oxygen atoms in total. The van der Waals surface area contributed by atoms with Crippen LogP contribution in [0.25, 0.3) is 0 Å². The lowest BCUT2D eigenvalue weighted by Gasteiger charge is -2.43. The van der Waals surface area contributed by atoms with Crippen molar-refractivity contribution in [3.8, 4) is 0 Å². The molecule has 5 heteroatoms. The van der Waals surface area contributed by atoms with Gasteiger partial charge in [0.1, 0.15) is 0 Å². The maximum atomic E-state index is 12.5. The average molecular weight is 402 g/mol. The summed E-state index contributed by atoms with van der Waals surface area (Å²) in [4.78, 5) is 12.5. The van der Waals surface area contributed by atoms with Crippen LogP contribution in [0.5, 0.6) is 0 Å². The first kappa shape index (κ1) is 18.8. The summed E-state index contributed by atoms with van der Waals surface area (Å²) < 4.78 is 1.11. The van der Waals surface area contributed by atoms with Crippen molar-refractivity contribution in [3.05, 3.63) is 34.3 Å². The van der Waals surface area contributed by atoms with Crippen molar-refractivity contribution >= 4 is 34.2 Å². The van der Waals surface area contributed by atoms with Crippen LogP contribution in [0.15, 0.2) is 28.7 Å². The van der Waals surface area contributed by atoms with Crippen molar-refractivity contribution in [1.29, 1.82) is 0 Å².